The highest BCUT2D eigenvalue weighted by Gasteiger charge is 2.12. The van der Waals surface area contributed by atoms with Crippen molar-refractivity contribution in [2.75, 3.05) is 0 Å². The summed E-state index contributed by atoms with van der Waals surface area (Å²) in [5.74, 6) is 0.579. The zero-order valence-electron chi connectivity index (χ0n) is 9.98. The number of benzene rings is 2. The van der Waals surface area contributed by atoms with Crippen molar-refractivity contribution in [2.45, 2.75) is 10.6 Å². The topological polar surface area (TPSA) is 43.1 Å². The molecule has 0 aliphatic heterocycles. The normalized spacial score (nSPS) is 10.6. The van der Waals surface area contributed by atoms with Crippen LogP contribution in [0.5, 0.6) is 0 Å². The summed E-state index contributed by atoms with van der Waals surface area (Å²) >= 11 is 19.1. The molecule has 7 heteroatoms. The van der Waals surface area contributed by atoms with Crippen LogP contribution in [0.1, 0.15) is 5.56 Å². The van der Waals surface area contributed by atoms with Crippen molar-refractivity contribution >= 4 is 52.3 Å². The van der Waals surface area contributed by atoms with Gasteiger partial charge in [-0.05, 0) is 29.8 Å². The molecule has 0 aromatic heterocycles. The van der Waals surface area contributed by atoms with Gasteiger partial charge in [0.05, 0.1) is 15.0 Å². The van der Waals surface area contributed by atoms with Crippen LogP contribution >= 0.6 is 46.6 Å². The Kier molecular flexibility index (Phi) is 5.16. The van der Waals surface area contributed by atoms with Gasteiger partial charge in [-0.1, -0.05) is 40.9 Å². The minimum absolute atomic E-state index is 0.0843. The third kappa shape index (κ3) is 3.79. The average Bonchev–Trinajstić information content (AvgIpc) is 2.41. The molecule has 2 rings (SSSR count). The fraction of sp³-hybridized carbons (Fsp3) is 0.0769. The van der Waals surface area contributed by atoms with E-state index in [-0.39, 0.29) is 10.7 Å². The molecule has 0 atom stereocenters. The Labute approximate surface area is 135 Å². The number of hydrogen-bond donors (Lipinski definition) is 0. The van der Waals surface area contributed by atoms with Gasteiger partial charge in [-0.3, -0.25) is 10.1 Å². The van der Waals surface area contributed by atoms with Crippen LogP contribution in [0.2, 0.25) is 15.1 Å². The largest absolute Gasteiger partial charge is 0.288 e. The Morgan fingerprint density at radius 3 is 2.35 bits per heavy atom. The number of halogens is 3. The molecule has 0 bridgehead atoms. The lowest BCUT2D eigenvalue weighted by molar-refractivity contribution is -0.384. The summed E-state index contributed by atoms with van der Waals surface area (Å²) in [5.41, 5.74) is 0.732. The van der Waals surface area contributed by atoms with E-state index >= 15 is 0 Å². The Bertz CT molecular complexity index is 664. The third-order valence-electron chi connectivity index (χ3n) is 2.50. The van der Waals surface area contributed by atoms with Gasteiger partial charge < -0.3 is 0 Å². The van der Waals surface area contributed by atoms with E-state index in [0.29, 0.717) is 15.8 Å². The summed E-state index contributed by atoms with van der Waals surface area (Å²) in [6.07, 6.45) is 0. The molecule has 3 nitrogen and oxygen atoms in total. The molecule has 2 aromatic rings. The van der Waals surface area contributed by atoms with Crippen LogP contribution in [0.15, 0.2) is 41.3 Å². The predicted octanol–water partition coefficient (Wildman–Crippen LogP) is 5.85. The zero-order valence-corrected chi connectivity index (χ0v) is 13.1. The summed E-state index contributed by atoms with van der Waals surface area (Å²) in [5, 5.41) is 11.9. The molecule has 0 aliphatic rings. The molecular weight excluding hydrogens is 341 g/mol. The van der Waals surface area contributed by atoms with Crippen LogP contribution < -0.4 is 0 Å². The third-order valence-corrected chi connectivity index (χ3v) is 4.63. The molecule has 0 amide bonds. The molecule has 104 valence electrons. The summed E-state index contributed by atoms with van der Waals surface area (Å²) in [6, 6.07) is 10.1. The van der Waals surface area contributed by atoms with Crippen LogP contribution in [-0.2, 0) is 5.75 Å². The van der Waals surface area contributed by atoms with Crippen LogP contribution in [0.4, 0.5) is 5.69 Å². The van der Waals surface area contributed by atoms with Gasteiger partial charge in [0.15, 0.2) is 0 Å². The number of hydrogen-bond acceptors (Lipinski definition) is 3. The maximum Gasteiger partial charge on any atom is 0.288 e. The lowest BCUT2D eigenvalue weighted by Crippen LogP contribution is -1.91. The minimum atomic E-state index is -0.490. The van der Waals surface area contributed by atoms with Crippen molar-refractivity contribution in [1.29, 1.82) is 0 Å². The van der Waals surface area contributed by atoms with Crippen molar-refractivity contribution in [3.8, 4) is 0 Å². The zero-order chi connectivity index (χ0) is 14.7. The Morgan fingerprint density at radius 2 is 1.70 bits per heavy atom. The highest BCUT2D eigenvalue weighted by Crippen LogP contribution is 2.31. The van der Waals surface area contributed by atoms with Crippen LogP contribution in [0.25, 0.3) is 0 Å². The minimum Gasteiger partial charge on any atom is -0.258 e. The number of nitro groups is 1. The van der Waals surface area contributed by atoms with E-state index in [2.05, 4.69) is 0 Å². The lowest BCUT2D eigenvalue weighted by atomic mass is 10.2. The summed E-state index contributed by atoms with van der Waals surface area (Å²) in [6.45, 7) is 0. The van der Waals surface area contributed by atoms with Crippen molar-refractivity contribution < 1.29 is 4.92 Å². The van der Waals surface area contributed by atoms with Crippen molar-refractivity contribution in [2.24, 2.45) is 0 Å². The second kappa shape index (κ2) is 6.68. The fourth-order valence-corrected chi connectivity index (χ4v) is 2.95. The van der Waals surface area contributed by atoms with E-state index in [0.717, 1.165) is 10.5 Å². The second-order valence-corrected chi connectivity index (χ2v) is 6.18. The molecule has 0 aliphatic carbocycles. The van der Waals surface area contributed by atoms with Gasteiger partial charge in [-0.15, -0.1) is 11.8 Å². The van der Waals surface area contributed by atoms with E-state index in [1.165, 1.54) is 23.9 Å². The van der Waals surface area contributed by atoms with Gasteiger partial charge in [-0.25, -0.2) is 0 Å². The molecule has 2 aromatic carbocycles. The maximum absolute atomic E-state index is 10.8. The molecule has 0 unspecified atom stereocenters. The Morgan fingerprint density at radius 1 is 1.00 bits per heavy atom. The van der Waals surface area contributed by atoms with Crippen LogP contribution in [0.3, 0.4) is 0 Å². The van der Waals surface area contributed by atoms with Crippen LogP contribution in [0, 0.1) is 10.1 Å². The molecule has 0 spiro atoms. The summed E-state index contributed by atoms with van der Waals surface area (Å²) in [7, 11) is 0. The van der Waals surface area contributed by atoms with E-state index in [1.54, 1.807) is 18.2 Å². The van der Waals surface area contributed by atoms with Crippen molar-refractivity contribution in [1.82, 2.24) is 0 Å². The van der Waals surface area contributed by atoms with Crippen molar-refractivity contribution in [3.63, 3.8) is 0 Å². The van der Waals surface area contributed by atoms with Crippen LogP contribution in [-0.4, -0.2) is 4.92 Å². The van der Waals surface area contributed by atoms with E-state index in [4.69, 9.17) is 34.8 Å². The van der Waals surface area contributed by atoms with Gasteiger partial charge in [0.2, 0.25) is 0 Å². The van der Waals surface area contributed by atoms with Gasteiger partial charge >= 0.3 is 0 Å². The first-order chi connectivity index (χ1) is 9.47. The Hall–Kier alpha value is -0.940. The predicted molar refractivity (Wildman–Crippen MR) is 84.1 cm³/mol. The van der Waals surface area contributed by atoms with Crippen molar-refractivity contribution in [3.05, 3.63) is 67.1 Å². The SMILES string of the molecule is O=[N+]([O-])c1cc(CSc2ccc(Cl)c(Cl)c2)ccc1Cl. The molecule has 0 radical (unpaired) electrons. The molecular formula is C13H8Cl3NO2S. The average molecular weight is 349 g/mol. The quantitative estimate of drug-likeness (QED) is 0.395. The molecule has 0 fully saturated rings. The first kappa shape index (κ1) is 15.4. The smallest absolute Gasteiger partial charge is 0.258 e. The van der Waals surface area contributed by atoms with E-state index in [9.17, 15) is 10.1 Å². The highest BCUT2D eigenvalue weighted by atomic mass is 35.5. The number of nitro benzene ring substituents is 1. The number of rotatable bonds is 4. The fourth-order valence-electron chi connectivity index (χ4n) is 1.52. The maximum atomic E-state index is 10.8. The van der Waals surface area contributed by atoms with E-state index < -0.39 is 4.92 Å². The Balaban J connectivity index is 2.12. The molecule has 0 heterocycles. The first-order valence-corrected chi connectivity index (χ1v) is 7.60. The first-order valence-electron chi connectivity index (χ1n) is 5.48. The standard InChI is InChI=1S/C13H8Cl3NO2S/c14-10-4-2-9(6-12(10)16)20-7-8-1-3-11(15)13(5-8)17(18)19/h1-6H,7H2. The molecule has 0 saturated carbocycles. The number of thioether (sulfide) groups is 1. The summed E-state index contributed by atoms with van der Waals surface area (Å²) < 4.78 is 0. The van der Waals surface area contributed by atoms with Gasteiger partial charge in [0.1, 0.15) is 5.02 Å². The van der Waals surface area contributed by atoms with Gasteiger partial charge in [0, 0.05) is 16.7 Å². The second-order valence-electron chi connectivity index (χ2n) is 3.91. The monoisotopic (exact) mass is 347 g/mol. The number of nitrogens with zero attached hydrogens (tertiary/aromatic N) is 1. The molecule has 0 N–H and O–H groups in total. The lowest BCUT2D eigenvalue weighted by Gasteiger charge is -2.04. The van der Waals surface area contributed by atoms with Gasteiger partial charge in [0.25, 0.3) is 5.69 Å². The molecule has 0 saturated heterocycles. The molecule has 20 heavy (non-hydrogen) atoms. The van der Waals surface area contributed by atoms with E-state index in [1.807, 2.05) is 6.07 Å². The van der Waals surface area contributed by atoms with Gasteiger partial charge in [-0.2, -0.15) is 0 Å². The highest BCUT2D eigenvalue weighted by molar-refractivity contribution is 7.98. The summed E-state index contributed by atoms with van der Waals surface area (Å²) in [4.78, 5) is 11.3.